The number of hydrogen-bond acceptors (Lipinski definition) is 8. The average Bonchev–Trinajstić information content (AvgIpc) is 3.54. The number of carbonyl (C=O) groups excluding carboxylic acids is 1. The highest BCUT2D eigenvalue weighted by Crippen LogP contribution is 2.43. The van der Waals surface area contributed by atoms with E-state index < -0.39 is 11.7 Å². The maximum Gasteiger partial charge on any atom is 0.135 e. The van der Waals surface area contributed by atoms with Gasteiger partial charge in [-0.2, -0.15) is 0 Å². The van der Waals surface area contributed by atoms with Gasteiger partial charge in [0.15, 0.2) is 0 Å². The van der Waals surface area contributed by atoms with E-state index in [1.165, 1.54) is 0 Å². The number of rotatable bonds is 9. The lowest BCUT2D eigenvalue weighted by Gasteiger charge is -2.41. The van der Waals surface area contributed by atoms with Crippen molar-refractivity contribution in [3.63, 3.8) is 0 Å². The maximum atomic E-state index is 12.1. The van der Waals surface area contributed by atoms with Gasteiger partial charge in [-0.3, -0.25) is 10.2 Å². The molecule has 1 aromatic heterocycles. The van der Waals surface area contributed by atoms with E-state index >= 15 is 0 Å². The van der Waals surface area contributed by atoms with E-state index in [9.17, 15) is 15.0 Å². The van der Waals surface area contributed by atoms with Crippen LogP contribution < -0.4 is 10.2 Å². The average molecular weight is 544 g/mol. The summed E-state index contributed by atoms with van der Waals surface area (Å²) < 4.78 is 0.991. The third-order valence-corrected chi connectivity index (χ3v) is 8.30. The van der Waals surface area contributed by atoms with Crippen LogP contribution in [0.4, 0.5) is 5.82 Å². The van der Waals surface area contributed by atoms with Gasteiger partial charge in [-0.1, -0.05) is 35.0 Å². The number of anilines is 1. The molecule has 0 spiro atoms. The van der Waals surface area contributed by atoms with Gasteiger partial charge in [0.2, 0.25) is 0 Å². The number of aromatic nitrogens is 2. The standard InChI is InChI=1S/C26H34BrN5O3/c1-17-12-21(34)24-23(17)25(30-16-29-24)32-10-8-31(9-11-32)22(28-15-26(35)6-7-26)13-19(14-33)18-2-4-20(27)5-3-18/h2-5,14,16-17,19,21-22,28,34-35H,6-13,15H2,1H3/t17-,19?,21-,22?/m1/s1. The van der Waals surface area contributed by atoms with Crippen molar-refractivity contribution in [3.05, 3.63) is 51.9 Å². The first-order chi connectivity index (χ1) is 16.9. The summed E-state index contributed by atoms with van der Waals surface area (Å²) in [5.41, 5.74) is 2.25. The minimum absolute atomic E-state index is 0.0162. The predicted molar refractivity (Wildman–Crippen MR) is 137 cm³/mol. The van der Waals surface area contributed by atoms with Gasteiger partial charge in [0.1, 0.15) is 18.4 Å². The number of hydrogen-bond donors (Lipinski definition) is 3. The first-order valence-corrected chi connectivity index (χ1v) is 13.3. The number of carbonyl (C=O) groups is 1. The molecule has 0 radical (unpaired) electrons. The van der Waals surface area contributed by atoms with Gasteiger partial charge >= 0.3 is 0 Å². The van der Waals surface area contributed by atoms with Crippen molar-refractivity contribution < 1.29 is 15.0 Å². The van der Waals surface area contributed by atoms with Crippen molar-refractivity contribution >= 4 is 28.0 Å². The molecule has 8 nitrogen and oxygen atoms in total. The lowest BCUT2D eigenvalue weighted by molar-refractivity contribution is -0.109. The largest absolute Gasteiger partial charge is 0.389 e. The van der Waals surface area contributed by atoms with Crippen LogP contribution in [-0.2, 0) is 4.79 Å². The Morgan fingerprint density at radius 2 is 1.91 bits per heavy atom. The van der Waals surface area contributed by atoms with Crippen LogP contribution in [0.5, 0.6) is 0 Å². The van der Waals surface area contributed by atoms with Gasteiger partial charge in [0.05, 0.1) is 23.6 Å². The Balaban J connectivity index is 1.29. The zero-order chi connectivity index (χ0) is 24.6. The fraction of sp³-hybridized carbons (Fsp3) is 0.577. The highest BCUT2D eigenvalue weighted by Gasteiger charge is 2.41. The molecule has 1 saturated carbocycles. The Morgan fingerprint density at radius 1 is 1.20 bits per heavy atom. The summed E-state index contributed by atoms with van der Waals surface area (Å²) >= 11 is 3.47. The Labute approximate surface area is 214 Å². The van der Waals surface area contributed by atoms with E-state index in [1.54, 1.807) is 6.33 Å². The molecule has 35 heavy (non-hydrogen) atoms. The number of aliphatic hydroxyl groups is 2. The Morgan fingerprint density at radius 3 is 2.57 bits per heavy atom. The van der Waals surface area contributed by atoms with Crippen LogP contribution in [0.1, 0.15) is 67.4 Å². The predicted octanol–water partition coefficient (Wildman–Crippen LogP) is 2.72. The molecule has 5 rings (SSSR count). The first-order valence-electron chi connectivity index (χ1n) is 12.6. The third-order valence-electron chi connectivity index (χ3n) is 7.77. The number of benzene rings is 1. The van der Waals surface area contributed by atoms with Crippen molar-refractivity contribution in [2.75, 3.05) is 37.6 Å². The number of fused-ring (bicyclic) bond motifs is 1. The second kappa shape index (κ2) is 10.2. The summed E-state index contributed by atoms with van der Waals surface area (Å²) in [6, 6.07) is 7.94. The van der Waals surface area contributed by atoms with Crippen molar-refractivity contribution in [2.24, 2.45) is 0 Å². The minimum atomic E-state index is -0.604. The van der Waals surface area contributed by atoms with Crippen LogP contribution in [0.15, 0.2) is 35.1 Å². The van der Waals surface area contributed by atoms with Gasteiger partial charge in [0, 0.05) is 48.7 Å². The second-order valence-electron chi connectivity index (χ2n) is 10.3. The third kappa shape index (κ3) is 5.44. The topological polar surface area (TPSA) is 102 Å². The first kappa shape index (κ1) is 24.8. The van der Waals surface area contributed by atoms with Crippen LogP contribution in [-0.4, -0.2) is 75.9 Å². The highest BCUT2D eigenvalue weighted by atomic mass is 79.9. The molecule has 2 heterocycles. The molecule has 3 N–H and O–H groups in total. The summed E-state index contributed by atoms with van der Waals surface area (Å²) in [6.45, 7) is 5.91. The zero-order valence-corrected chi connectivity index (χ0v) is 21.7. The molecular formula is C26H34BrN5O3. The van der Waals surface area contributed by atoms with Gasteiger partial charge in [-0.15, -0.1) is 0 Å². The van der Waals surface area contributed by atoms with E-state index in [1.807, 2.05) is 24.3 Å². The van der Waals surface area contributed by atoms with Crippen molar-refractivity contribution in [2.45, 2.75) is 62.3 Å². The van der Waals surface area contributed by atoms with E-state index in [-0.39, 0.29) is 18.0 Å². The minimum Gasteiger partial charge on any atom is -0.389 e. The molecule has 0 bridgehead atoms. The molecule has 3 aliphatic rings. The number of nitrogens with one attached hydrogen (secondary N) is 1. The Kier molecular flexibility index (Phi) is 7.23. The number of halogens is 1. The monoisotopic (exact) mass is 543 g/mol. The number of aliphatic hydroxyl groups excluding tert-OH is 1. The van der Waals surface area contributed by atoms with Gasteiger partial charge in [-0.05, 0) is 49.3 Å². The van der Waals surface area contributed by atoms with Crippen molar-refractivity contribution in [1.82, 2.24) is 20.2 Å². The molecule has 9 heteroatoms. The lowest BCUT2D eigenvalue weighted by Crippen LogP contribution is -2.56. The van der Waals surface area contributed by atoms with Crippen LogP contribution >= 0.6 is 15.9 Å². The molecule has 2 unspecified atom stereocenters. The highest BCUT2D eigenvalue weighted by molar-refractivity contribution is 9.10. The smallest absolute Gasteiger partial charge is 0.135 e. The van der Waals surface area contributed by atoms with Crippen molar-refractivity contribution in [1.29, 1.82) is 0 Å². The summed E-state index contributed by atoms with van der Waals surface area (Å²) in [5.74, 6) is 0.957. The molecular weight excluding hydrogens is 510 g/mol. The van der Waals surface area contributed by atoms with Crippen LogP contribution in [0.2, 0.25) is 0 Å². The molecule has 0 amide bonds. The summed E-state index contributed by atoms with van der Waals surface area (Å²) in [4.78, 5) is 25.7. The number of piperazine rings is 1. The normalized spacial score (nSPS) is 25.2. The van der Waals surface area contributed by atoms with Crippen molar-refractivity contribution in [3.8, 4) is 0 Å². The van der Waals surface area contributed by atoms with E-state index in [2.05, 4.69) is 47.9 Å². The van der Waals surface area contributed by atoms with Gasteiger partial charge in [0.25, 0.3) is 0 Å². The second-order valence-corrected chi connectivity index (χ2v) is 11.2. The fourth-order valence-electron chi connectivity index (χ4n) is 5.41. The van der Waals surface area contributed by atoms with E-state index in [0.29, 0.717) is 19.4 Å². The molecule has 188 valence electrons. The lowest BCUT2D eigenvalue weighted by atomic mass is 9.95. The molecule has 1 aromatic carbocycles. The fourth-order valence-corrected chi connectivity index (χ4v) is 5.67. The zero-order valence-electron chi connectivity index (χ0n) is 20.1. The Hall–Kier alpha value is -1.91. The quantitative estimate of drug-likeness (QED) is 0.415. The number of aldehydes is 1. The summed E-state index contributed by atoms with van der Waals surface area (Å²) in [5, 5.41) is 24.4. The summed E-state index contributed by atoms with van der Waals surface area (Å²) in [7, 11) is 0. The SMILES string of the molecule is C[C@@H]1C[C@@H](O)c2ncnc(N3CCN(C(CC(C=O)c4ccc(Br)cc4)NCC4(O)CC4)CC3)c21. The Bertz CT molecular complexity index is 1040. The molecule has 1 saturated heterocycles. The van der Waals surface area contributed by atoms with Gasteiger partial charge in [-0.25, -0.2) is 9.97 Å². The molecule has 1 aliphatic heterocycles. The molecule has 2 fully saturated rings. The van der Waals surface area contributed by atoms with Crippen LogP contribution in [0, 0.1) is 0 Å². The van der Waals surface area contributed by atoms with Crippen LogP contribution in [0.3, 0.4) is 0 Å². The van der Waals surface area contributed by atoms with Gasteiger partial charge < -0.3 is 19.9 Å². The number of nitrogens with zero attached hydrogens (tertiary/aromatic N) is 4. The maximum absolute atomic E-state index is 12.1. The van der Waals surface area contributed by atoms with E-state index in [0.717, 1.165) is 72.4 Å². The summed E-state index contributed by atoms with van der Waals surface area (Å²) in [6.07, 6.45) is 5.07. The van der Waals surface area contributed by atoms with E-state index in [4.69, 9.17) is 0 Å². The molecule has 2 aromatic rings. The molecule has 2 aliphatic carbocycles. The van der Waals surface area contributed by atoms with Crippen LogP contribution in [0.25, 0.3) is 0 Å². The molecule has 4 atom stereocenters.